The van der Waals surface area contributed by atoms with E-state index < -0.39 is 12.1 Å². The molecule has 0 radical (unpaired) electrons. The lowest BCUT2D eigenvalue weighted by Crippen LogP contribution is -2.35. The second-order valence-electron chi connectivity index (χ2n) is 5.80. The van der Waals surface area contributed by atoms with Crippen LogP contribution in [0.4, 0.5) is 0 Å². The maximum absolute atomic E-state index is 12.3. The van der Waals surface area contributed by atoms with Crippen LogP contribution < -0.4 is 5.32 Å². The highest BCUT2D eigenvalue weighted by Gasteiger charge is 2.21. The van der Waals surface area contributed by atoms with E-state index in [0.717, 1.165) is 11.1 Å². The standard InChI is InChI=1S/C20H17ClN2O3S/c1-13(18(24)22-11-14-6-3-2-4-7-14)26-20(25)17-12-27-19(23-17)15-8-5-9-16(21)10-15/h2-10,12-13H,11H2,1H3,(H,22,24)/t13-/m0/s1. The fourth-order valence-corrected chi connectivity index (χ4v) is 3.30. The van der Waals surface area contributed by atoms with Gasteiger partial charge in [-0.1, -0.05) is 54.1 Å². The quantitative estimate of drug-likeness (QED) is 0.625. The normalized spacial score (nSPS) is 11.6. The van der Waals surface area contributed by atoms with Crippen LogP contribution in [-0.2, 0) is 16.1 Å². The maximum atomic E-state index is 12.3. The van der Waals surface area contributed by atoms with Crippen molar-refractivity contribution >= 4 is 34.8 Å². The summed E-state index contributed by atoms with van der Waals surface area (Å²) >= 11 is 7.29. The number of nitrogens with one attached hydrogen (secondary N) is 1. The molecule has 0 fully saturated rings. The van der Waals surface area contributed by atoms with E-state index in [9.17, 15) is 9.59 Å². The first kappa shape index (κ1) is 19.1. The number of amides is 1. The summed E-state index contributed by atoms with van der Waals surface area (Å²) in [5.74, 6) is -1.00. The van der Waals surface area contributed by atoms with Gasteiger partial charge >= 0.3 is 5.97 Å². The average molecular weight is 401 g/mol. The molecule has 3 rings (SSSR count). The molecule has 0 bridgehead atoms. The zero-order valence-electron chi connectivity index (χ0n) is 14.5. The molecule has 1 N–H and O–H groups in total. The third kappa shape index (κ3) is 5.15. The molecule has 1 aromatic heterocycles. The molecule has 7 heteroatoms. The molecule has 0 aliphatic heterocycles. The number of halogens is 1. The van der Waals surface area contributed by atoms with Crippen LogP contribution >= 0.6 is 22.9 Å². The zero-order valence-corrected chi connectivity index (χ0v) is 16.1. The largest absolute Gasteiger partial charge is 0.448 e. The molecule has 0 spiro atoms. The third-order valence-electron chi connectivity index (χ3n) is 3.75. The molecule has 1 heterocycles. The van der Waals surface area contributed by atoms with E-state index in [1.165, 1.54) is 18.3 Å². The summed E-state index contributed by atoms with van der Waals surface area (Å²) in [4.78, 5) is 28.7. The van der Waals surface area contributed by atoms with Gasteiger partial charge in [0, 0.05) is 22.5 Å². The average Bonchev–Trinajstić information content (AvgIpc) is 3.17. The van der Waals surface area contributed by atoms with Crippen LogP contribution in [0.1, 0.15) is 23.0 Å². The Bertz CT molecular complexity index is 943. The highest BCUT2D eigenvalue weighted by atomic mass is 35.5. The SMILES string of the molecule is C[C@H](OC(=O)c1csc(-c2cccc(Cl)c2)n1)C(=O)NCc1ccccc1. The van der Waals surface area contributed by atoms with Crippen LogP contribution in [0.25, 0.3) is 10.6 Å². The number of ether oxygens (including phenoxy) is 1. The van der Waals surface area contributed by atoms with Gasteiger partial charge in [-0.05, 0) is 24.6 Å². The number of carbonyl (C=O) groups excluding carboxylic acids is 2. The van der Waals surface area contributed by atoms with E-state index in [-0.39, 0.29) is 11.6 Å². The Balaban J connectivity index is 1.57. The summed E-state index contributed by atoms with van der Waals surface area (Å²) in [6.07, 6.45) is -0.919. The van der Waals surface area contributed by atoms with Crippen molar-refractivity contribution in [1.29, 1.82) is 0 Å². The lowest BCUT2D eigenvalue weighted by atomic mass is 10.2. The second kappa shape index (κ2) is 8.79. The van der Waals surface area contributed by atoms with Gasteiger partial charge in [0.15, 0.2) is 11.8 Å². The van der Waals surface area contributed by atoms with E-state index in [1.54, 1.807) is 17.5 Å². The molecule has 0 saturated heterocycles. The van der Waals surface area contributed by atoms with E-state index in [0.29, 0.717) is 16.6 Å². The molecule has 0 aliphatic carbocycles. The number of aromatic nitrogens is 1. The molecular formula is C20H17ClN2O3S. The van der Waals surface area contributed by atoms with Gasteiger partial charge in [-0.25, -0.2) is 9.78 Å². The summed E-state index contributed by atoms with van der Waals surface area (Å²) in [7, 11) is 0. The van der Waals surface area contributed by atoms with Crippen LogP contribution in [-0.4, -0.2) is 23.0 Å². The molecule has 0 saturated carbocycles. The van der Waals surface area contributed by atoms with Gasteiger partial charge in [0.25, 0.3) is 5.91 Å². The predicted octanol–water partition coefficient (Wildman–Crippen LogP) is 4.33. The zero-order chi connectivity index (χ0) is 19.2. The van der Waals surface area contributed by atoms with Crippen molar-refractivity contribution in [3.05, 3.63) is 76.3 Å². The Morgan fingerprint density at radius 2 is 1.96 bits per heavy atom. The Hall–Kier alpha value is -2.70. The van der Waals surface area contributed by atoms with Crippen LogP contribution in [0.2, 0.25) is 5.02 Å². The van der Waals surface area contributed by atoms with Crippen molar-refractivity contribution in [1.82, 2.24) is 10.3 Å². The Morgan fingerprint density at radius 1 is 1.19 bits per heavy atom. The number of esters is 1. The summed E-state index contributed by atoms with van der Waals surface area (Å²) in [5.41, 5.74) is 1.95. The van der Waals surface area contributed by atoms with Gasteiger partial charge in [-0.3, -0.25) is 4.79 Å². The highest BCUT2D eigenvalue weighted by Crippen LogP contribution is 2.26. The molecule has 0 aliphatic rings. The number of benzene rings is 2. The maximum Gasteiger partial charge on any atom is 0.358 e. The van der Waals surface area contributed by atoms with Gasteiger partial charge < -0.3 is 10.1 Å². The molecule has 1 amide bonds. The highest BCUT2D eigenvalue weighted by molar-refractivity contribution is 7.13. The lowest BCUT2D eigenvalue weighted by molar-refractivity contribution is -0.129. The van der Waals surface area contributed by atoms with Crippen molar-refractivity contribution in [2.75, 3.05) is 0 Å². The van der Waals surface area contributed by atoms with E-state index in [4.69, 9.17) is 16.3 Å². The molecule has 138 valence electrons. The first-order valence-electron chi connectivity index (χ1n) is 8.27. The van der Waals surface area contributed by atoms with Crippen LogP contribution in [0.15, 0.2) is 60.0 Å². The smallest absolute Gasteiger partial charge is 0.358 e. The first-order valence-corrected chi connectivity index (χ1v) is 9.53. The Kier molecular flexibility index (Phi) is 6.21. The number of hydrogen-bond acceptors (Lipinski definition) is 5. The van der Waals surface area contributed by atoms with Crippen LogP contribution in [0.3, 0.4) is 0 Å². The fourth-order valence-electron chi connectivity index (χ4n) is 2.32. The molecule has 27 heavy (non-hydrogen) atoms. The van der Waals surface area contributed by atoms with Gasteiger partial charge in [0.05, 0.1) is 0 Å². The number of rotatable bonds is 6. The first-order chi connectivity index (χ1) is 13.0. The minimum Gasteiger partial charge on any atom is -0.448 e. The van der Waals surface area contributed by atoms with Crippen molar-refractivity contribution in [2.24, 2.45) is 0 Å². The number of carbonyl (C=O) groups is 2. The predicted molar refractivity (Wildman–Crippen MR) is 106 cm³/mol. The molecule has 5 nitrogen and oxygen atoms in total. The van der Waals surface area contributed by atoms with Crippen molar-refractivity contribution in [3.8, 4) is 10.6 Å². The Labute approximate surface area is 166 Å². The number of thiazole rings is 1. The molecule has 0 unspecified atom stereocenters. The van der Waals surface area contributed by atoms with Crippen molar-refractivity contribution in [3.63, 3.8) is 0 Å². The van der Waals surface area contributed by atoms with Gasteiger partial charge in [0.1, 0.15) is 5.01 Å². The van der Waals surface area contributed by atoms with Gasteiger partial charge in [-0.2, -0.15) is 0 Å². The molecule has 1 atom stereocenters. The molecular weight excluding hydrogens is 384 g/mol. The second-order valence-corrected chi connectivity index (χ2v) is 7.09. The minimum absolute atomic E-state index is 0.165. The van der Waals surface area contributed by atoms with E-state index >= 15 is 0 Å². The monoisotopic (exact) mass is 400 g/mol. The topological polar surface area (TPSA) is 68.3 Å². The van der Waals surface area contributed by atoms with E-state index in [2.05, 4.69) is 10.3 Å². The fraction of sp³-hybridized carbons (Fsp3) is 0.150. The van der Waals surface area contributed by atoms with Crippen LogP contribution in [0.5, 0.6) is 0 Å². The summed E-state index contributed by atoms with van der Waals surface area (Å²) in [5, 5.41) is 5.60. The third-order valence-corrected chi connectivity index (χ3v) is 4.87. The van der Waals surface area contributed by atoms with E-state index in [1.807, 2.05) is 42.5 Å². The van der Waals surface area contributed by atoms with Crippen molar-refractivity contribution < 1.29 is 14.3 Å². The number of nitrogens with zero attached hydrogens (tertiary/aromatic N) is 1. The summed E-state index contributed by atoms with van der Waals surface area (Å²) in [6.45, 7) is 1.90. The Morgan fingerprint density at radius 3 is 2.70 bits per heavy atom. The molecule has 3 aromatic rings. The van der Waals surface area contributed by atoms with Crippen molar-refractivity contribution in [2.45, 2.75) is 19.6 Å². The van der Waals surface area contributed by atoms with Gasteiger partial charge in [0.2, 0.25) is 0 Å². The lowest BCUT2D eigenvalue weighted by Gasteiger charge is -2.12. The number of hydrogen-bond donors (Lipinski definition) is 1. The summed E-state index contributed by atoms with van der Waals surface area (Å²) in [6, 6.07) is 16.7. The van der Waals surface area contributed by atoms with Crippen LogP contribution in [0, 0.1) is 0 Å². The van der Waals surface area contributed by atoms with Gasteiger partial charge in [-0.15, -0.1) is 11.3 Å². The minimum atomic E-state index is -0.919. The summed E-state index contributed by atoms with van der Waals surface area (Å²) < 4.78 is 5.23. The molecule has 2 aromatic carbocycles.